The number of carbonyl (C=O) groups excluding carboxylic acids is 3. The van der Waals surface area contributed by atoms with Crippen molar-refractivity contribution >= 4 is 40.8 Å². The minimum absolute atomic E-state index is 0.0425. The summed E-state index contributed by atoms with van der Waals surface area (Å²) in [5.41, 5.74) is 2.29. The van der Waals surface area contributed by atoms with Gasteiger partial charge in [0.05, 0.1) is 19.2 Å². The van der Waals surface area contributed by atoms with Gasteiger partial charge in [-0.05, 0) is 67.6 Å². The van der Waals surface area contributed by atoms with Gasteiger partial charge in [0.1, 0.15) is 12.4 Å². The number of ketones is 1. The smallest absolute Gasteiger partial charge is 0.337 e. The number of methoxy groups -OCH3 is 1. The van der Waals surface area contributed by atoms with Crippen LogP contribution in [0, 0.1) is 0 Å². The van der Waals surface area contributed by atoms with Gasteiger partial charge in [0, 0.05) is 16.9 Å². The summed E-state index contributed by atoms with van der Waals surface area (Å²) in [6.07, 6.45) is 0. The highest BCUT2D eigenvalue weighted by Crippen LogP contribution is 2.32. The highest BCUT2D eigenvalue weighted by molar-refractivity contribution is 6.03. The first-order valence-corrected chi connectivity index (χ1v) is 10.2. The molecule has 0 radical (unpaired) electrons. The van der Waals surface area contributed by atoms with E-state index in [4.69, 9.17) is 9.47 Å². The Balaban J connectivity index is 1.51. The number of fused-ring (bicyclic) bond motifs is 1. The number of amides is 2. The van der Waals surface area contributed by atoms with Crippen LogP contribution in [0.2, 0.25) is 0 Å². The molecule has 9 nitrogen and oxygen atoms in total. The maximum Gasteiger partial charge on any atom is 0.337 e. The van der Waals surface area contributed by atoms with Crippen molar-refractivity contribution in [2.75, 3.05) is 35.8 Å². The number of hydrogen-bond acceptors (Lipinski definition) is 7. The molecule has 0 saturated carbocycles. The highest BCUT2D eigenvalue weighted by atomic mass is 16.5. The number of Topliss-reactive ketones (excluding diaryl/α,β-unsaturated/α-hetero) is 1. The molecule has 0 fully saturated rings. The van der Waals surface area contributed by atoms with E-state index >= 15 is 0 Å². The molecule has 1 aromatic heterocycles. The Bertz CT molecular complexity index is 1190. The van der Waals surface area contributed by atoms with Gasteiger partial charge < -0.3 is 20.1 Å². The zero-order valence-electron chi connectivity index (χ0n) is 18.1. The van der Waals surface area contributed by atoms with Crippen molar-refractivity contribution in [3.8, 4) is 5.75 Å². The van der Waals surface area contributed by atoms with E-state index in [1.165, 1.54) is 18.9 Å². The Kier molecular flexibility index (Phi) is 6.21. The Morgan fingerprint density at radius 1 is 0.939 bits per heavy atom. The molecule has 0 spiro atoms. The van der Waals surface area contributed by atoms with Gasteiger partial charge in [0.2, 0.25) is 0 Å². The van der Waals surface area contributed by atoms with Crippen LogP contribution in [0.15, 0.2) is 60.7 Å². The van der Waals surface area contributed by atoms with Crippen molar-refractivity contribution in [3.05, 3.63) is 71.8 Å². The van der Waals surface area contributed by atoms with E-state index in [-0.39, 0.29) is 11.8 Å². The number of pyridine rings is 1. The molecule has 1 aliphatic heterocycles. The van der Waals surface area contributed by atoms with Crippen LogP contribution in [0.5, 0.6) is 5.75 Å². The summed E-state index contributed by atoms with van der Waals surface area (Å²) in [5, 5.41) is 5.98. The van der Waals surface area contributed by atoms with Crippen LogP contribution >= 0.6 is 0 Å². The molecule has 0 saturated heterocycles. The molecule has 2 N–H and O–H groups in total. The lowest BCUT2D eigenvalue weighted by atomic mass is 10.1. The second-order valence-electron chi connectivity index (χ2n) is 7.28. The fourth-order valence-electron chi connectivity index (χ4n) is 3.30. The second-order valence-corrected chi connectivity index (χ2v) is 7.28. The van der Waals surface area contributed by atoms with Gasteiger partial charge >= 0.3 is 12.0 Å². The number of benzene rings is 2. The molecule has 3 aromatic rings. The van der Waals surface area contributed by atoms with E-state index < -0.39 is 5.97 Å². The third-order valence-electron chi connectivity index (χ3n) is 5.03. The van der Waals surface area contributed by atoms with Crippen LogP contribution in [0.1, 0.15) is 27.6 Å². The van der Waals surface area contributed by atoms with Crippen LogP contribution in [0.3, 0.4) is 0 Å². The van der Waals surface area contributed by atoms with Crippen molar-refractivity contribution in [3.63, 3.8) is 0 Å². The number of urea groups is 1. The summed E-state index contributed by atoms with van der Waals surface area (Å²) >= 11 is 0. The summed E-state index contributed by atoms with van der Waals surface area (Å²) in [6.45, 7) is 2.16. The highest BCUT2D eigenvalue weighted by Gasteiger charge is 2.26. The Morgan fingerprint density at radius 3 is 2.27 bits per heavy atom. The molecular formula is C24H22N4O5. The number of nitrogens with zero attached hydrogens (tertiary/aromatic N) is 2. The molecule has 168 valence electrons. The lowest BCUT2D eigenvalue weighted by Gasteiger charge is -2.28. The van der Waals surface area contributed by atoms with E-state index in [1.807, 2.05) is 0 Å². The molecule has 0 atom stereocenters. The van der Waals surface area contributed by atoms with E-state index in [1.54, 1.807) is 60.7 Å². The van der Waals surface area contributed by atoms with Crippen LogP contribution in [0.4, 0.5) is 27.8 Å². The van der Waals surface area contributed by atoms with E-state index in [2.05, 4.69) is 15.6 Å². The first kappa shape index (κ1) is 21.8. The molecule has 33 heavy (non-hydrogen) atoms. The average molecular weight is 446 g/mol. The Labute approximate surface area is 190 Å². The number of nitrogens with one attached hydrogen (secondary N) is 2. The number of ether oxygens (including phenoxy) is 2. The van der Waals surface area contributed by atoms with Gasteiger partial charge in [-0.25, -0.2) is 14.6 Å². The van der Waals surface area contributed by atoms with E-state index in [9.17, 15) is 14.4 Å². The van der Waals surface area contributed by atoms with E-state index in [0.29, 0.717) is 53.0 Å². The van der Waals surface area contributed by atoms with Crippen LogP contribution in [-0.4, -0.2) is 43.0 Å². The van der Waals surface area contributed by atoms with Gasteiger partial charge in [0.25, 0.3) is 0 Å². The lowest BCUT2D eigenvalue weighted by Crippen LogP contribution is -2.41. The molecule has 9 heteroatoms. The summed E-state index contributed by atoms with van der Waals surface area (Å²) in [6, 6.07) is 16.6. The minimum Gasteiger partial charge on any atom is -0.488 e. The number of aromatic nitrogens is 1. The molecule has 0 bridgehead atoms. The molecular weight excluding hydrogens is 424 g/mol. The zero-order chi connectivity index (χ0) is 23.4. The van der Waals surface area contributed by atoms with Crippen molar-refractivity contribution < 1.29 is 23.9 Å². The predicted molar refractivity (Wildman–Crippen MR) is 124 cm³/mol. The summed E-state index contributed by atoms with van der Waals surface area (Å²) in [5.74, 6) is 0.932. The lowest BCUT2D eigenvalue weighted by molar-refractivity contribution is 0.0600. The van der Waals surface area contributed by atoms with Gasteiger partial charge in [-0.3, -0.25) is 9.69 Å². The summed E-state index contributed by atoms with van der Waals surface area (Å²) in [4.78, 5) is 42.0. The third kappa shape index (κ3) is 4.93. The average Bonchev–Trinajstić information content (AvgIpc) is 2.84. The molecule has 4 rings (SSSR count). The SMILES string of the molecule is COC(=O)c1ccc(Nc2ccc3c(n2)N(C(=O)Nc2ccc(C(C)=O)cc2)CCO3)cc1. The van der Waals surface area contributed by atoms with Gasteiger partial charge in [-0.15, -0.1) is 0 Å². The fourth-order valence-corrected chi connectivity index (χ4v) is 3.30. The number of rotatable bonds is 5. The molecule has 0 unspecified atom stereocenters. The first-order valence-electron chi connectivity index (χ1n) is 10.2. The largest absolute Gasteiger partial charge is 0.488 e. The fraction of sp³-hybridized carbons (Fsp3) is 0.167. The quantitative estimate of drug-likeness (QED) is 0.445. The first-order chi connectivity index (χ1) is 15.9. The number of esters is 1. The van der Waals surface area contributed by atoms with Gasteiger partial charge in [-0.1, -0.05) is 0 Å². The molecule has 2 heterocycles. The zero-order valence-corrected chi connectivity index (χ0v) is 18.1. The van der Waals surface area contributed by atoms with Gasteiger partial charge in [-0.2, -0.15) is 0 Å². The molecule has 1 aliphatic rings. The number of carbonyl (C=O) groups is 3. The number of hydrogen-bond donors (Lipinski definition) is 2. The second kappa shape index (κ2) is 9.39. The Hall–Kier alpha value is -4.40. The van der Waals surface area contributed by atoms with Crippen LogP contribution in [-0.2, 0) is 4.74 Å². The van der Waals surface area contributed by atoms with Crippen molar-refractivity contribution in [2.45, 2.75) is 6.92 Å². The molecule has 2 amide bonds. The van der Waals surface area contributed by atoms with Crippen molar-refractivity contribution in [1.82, 2.24) is 4.98 Å². The van der Waals surface area contributed by atoms with E-state index in [0.717, 1.165) is 0 Å². The summed E-state index contributed by atoms with van der Waals surface area (Å²) < 4.78 is 10.4. The minimum atomic E-state index is -0.414. The van der Waals surface area contributed by atoms with Crippen molar-refractivity contribution in [2.24, 2.45) is 0 Å². The maximum absolute atomic E-state index is 12.9. The normalized spacial score (nSPS) is 12.2. The van der Waals surface area contributed by atoms with Gasteiger partial charge in [0.15, 0.2) is 17.4 Å². The van der Waals surface area contributed by atoms with Crippen LogP contribution in [0.25, 0.3) is 0 Å². The predicted octanol–water partition coefficient (Wildman–Crippen LogP) is 4.25. The van der Waals surface area contributed by atoms with Crippen molar-refractivity contribution in [1.29, 1.82) is 0 Å². The maximum atomic E-state index is 12.9. The number of anilines is 4. The summed E-state index contributed by atoms with van der Waals surface area (Å²) in [7, 11) is 1.33. The monoisotopic (exact) mass is 446 g/mol. The topological polar surface area (TPSA) is 110 Å². The standard InChI is InChI=1S/C24H22N4O5/c1-15(29)16-3-7-19(8-4-16)26-24(31)28-13-14-33-20-11-12-21(27-22(20)28)25-18-9-5-17(6-10-18)23(30)32-2/h3-12H,13-14H2,1-2H3,(H,25,27)(H,26,31). The third-order valence-corrected chi connectivity index (χ3v) is 5.03. The van der Waals surface area contributed by atoms with Crippen LogP contribution < -0.4 is 20.3 Å². The Morgan fingerprint density at radius 2 is 1.61 bits per heavy atom. The molecule has 2 aromatic carbocycles. The molecule has 0 aliphatic carbocycles.